The Morgan fingerprint density at radius 3 is 2.78 bits per heavy atom. The highest BCUT2D eigenvalue weighted by Gasteiger charge is 2.14. The Hall–Kier alpha value is -1.81. The van der Waals surface area contributed by atoms with Crippen LogP contribution >= 0.6 is 11.3 Å². The number of carbonyl (C=O) groups excluding carboxylic acids is 1. The van der Waals surface area contributed by atoms with Crippen LogP contribution in [-0.2, 0) is 0 Å². The molecule has 4 heteroatoms. The number of methoxy groups -OCH3 is 1. The van der Waals surface area contributed by atoms with Crippen LogP contribution in [0.5, 0.6) is 11.5 Å². The first-order valence-electron chi connectivity index (χ1n) is 5.64. The van der Waals surface area contributed by atoms with E-state index in [0.29, 0.717) is 23.7 Å². The molecule has 0 aliphatic rings. The first-order valence-corrected chi connectivity index (χ1v) is 6.52. The number of carbonyl (C=O) groups is 1. The van der Waals surface area contributed by atoms with Crippen molar-refractivity contribution in [1.29, 1.82) is 0 Å². The van der Waals surface area contributed by atoms with Crippen LogP contribution < -0.4 is 9.47 Å². The normalized spacial score (nSPS) is 10.1. The van der Waals surface area contributed by atoms with Crippen molar-refractivity contribution in [1.82, 2.24) is 0 Å². The summed E-state index contributed by atoms with van der Waals surface area (Å²) in [6, 6.07) is 7.48. The maximum atomic E-state index is 11.0. The molecule has 0 spiro atoms. The maximum Gasteiger partial charge on any atom is 0.169 e. The molecule has 0 radical (unpaired) electrons. The summed E-state index contributed by atoms with van der Waals surface area (Å²) in [6.07, 6.45) is 0.819. The minimum atomic E-state index is 0.530. The Kier molecular flexibility index (Phi) is 3.99. The number of hydrogen-bond acceptors (Lipinski definition) is 4. The molecule has 0 unspecified atom stereocenters. The van der Waals surface area contributed by atoms with E-state index >= 15 is 0 Å². The summed E-state index contributed by atoms with van der Waals surface area (Å²) in [5.41, 5.74) is 1.48. The second-order valence-electron chi connectivity index (χ2n) is 3.63. The fraction of sp³-hybridized carbons (Fsp3) is 0.214. The van der Waals surface area contributed by atoms with E-state index in [1.807, 2.05) is 30.5 Å². The van der Waals surface area contributed by atoms with Crippen molar-refractivity contribution in [2.75, 3.05) is 13.7 Å². The minimum Gasteiger partial charge on any atom is -0.492 e. The standard InChI is InChI=1S/C14H14O3S/c1-3-17-12-8-10(9-15)7-11(14(12)16-2)13-5-4-6-18-13/h4-9H,3H2,1-2H3. The average Bonchev–Trinajstić information content (AvgIpc) is 2.92. The summed E-state index contributed by atoms with van der Waals surface area (Å²) in [5.74, 6) is 1.28. The molecule has 0 saturated heterocycles. The van der Waals surface area contributed by atoms with Crippen LogP contribution in [0.2, 0.25) is 0 Å². The average molecular weight is 262 g/mol. The third-order valence-corrected chi connectivity index (χ3v) is 3.41. The van der Waals surface area contributed by atoms with E-state index in [-0.39, 0.29) is 0 Å². The van der Waals surface area contributed by atoms with Crippen molar-refractivity contribution in [3.8, 4) is 21.9 Å². The van der Waals surface area contributed by atoms with Gasteiger partial charge >= 0.3 is 0 Å². The second kappa shape index (κ2) is 5.69. The summed E-state index contributed by atoms with van der Waals surface area (Å²) in [5, 5.41) is 1.99. The molecule has 0 aliphatic carbocycles. The molecule has 1 aromatic carbocycles. The Balaban J connectivity index is 2.62. The fourth-order valence-electron chi connectivity index (χ4n) is 1.78. The third kappa shape index (κ3) is 2.38. The highest BCUT2D eigenvalue weighted by atomic mass is 32.1. The molecule has 2 rings (SSSR count). The summed E-state index contributed by atoms with van der Waals surface area (Å²) < 4.78 is 10.9. The molecule has 3 nitrogen and oxygen atoms in total. The SMILES string of the molecule is CCOc1cc(C=O)cc(-c2cccs2)c1OC. The van der Waals surface area contributed by atoms with Gasteiger partial charge in [0, 0.05) is 16.0 Å². The van der Waals surface area contributed by atoms with Gasteiger partial charge in [0.2, 0.25) is 0 Å². The van der Waals surface area contributed by atoms with Gasteiger partial charge in [0.05, 0.1) is 13.7 Å². The highest BCUT2D eigenvalue weighted by molar-refractivity contribution is 7.13. The first kappa shape index (κ1) is 12.6. The van der Waals surface area contributed by atoms with Crippen LogP contribution in [0.15, 0.2) is 29.6 Å². The van der Waals surface area contributed by atoms with Gasteiger partial charge in [-0.05, 0) is 30.5 Å². The van der Waals surface area contributed by atoms with Gasteiger partial charge in [-0.1, -0.05) is 6.07 Å². The smallest absolute Gasteiger partial charge is 0.169 e. The van der Waals surface area contributed by atoms with Gasteiger partial charge in [-0.15, -0.1) is 11.3 Å². The third-order valence-electron chi connectivity index (χ3n) is 2.50. The van der Waals surface area contributed by atoms with E-state index in [1.54, 1.807) is 24.5 Å². The topological polar surface area (TPSA) is 35.5 Å². The predicted octanol–water partition coefficient (Wildman–Crippen LogP) is 3.63. The lowest BCUT2D eigenvalue weighted by Crippen LogP contribution is -1.98. The largest absolute Gasteiger partial charge is 0.492 e. The zero-order valence-electron chi connectivity index (χ0n) is 10.3. The number of ether oxygens (including phenoxy) is 2. The van der Waals surface area contributed by atoms with Crippen LogP contribution in [0, 0.1) is 0 Å². The van der Waals surface area contributed by atoms with Gasteiger partial charge in [0.15, 0.2) is 11.5 Å². The summed E-state index contributed by atoms with van der Waals surface area (Å²) in [6.45, 7) is 2.43. The molecular formula is C14H14O3S. The van der Waals surface area contributed by atoms with Gasteiger partial charge in [-0.3, -0.25) is 4.79 Å². The van der Waals surface area contributed by atoms with Crippen molar-refractivity contribution >= 4 is 17.6 Å². The number of thiophene rings is 1. The van der Waals surface area contributed by atoms with E-state index < -0.39 is 0 Å². The van der Waals surface area contributed by atoms with E-state index in [2.05, 4.69) is 0 Å². The predicted molar refractivity (Wildman–Crippen MR) is 72.9 cm³/mol. The van der Waals surface area contributed by atoms with E-state index in [4.69, 9.17) is 9.47 Å². The van der Waals surface area contributed by atoms with Crippen LogP contribution in [0.1, 0.15) is 17.3 Å². The van der Waals surface area contributed by atoms with Gasteiger partial charge in [0.1, 0.15) is 6.29 Å². The van der Waals surface area contributed by atoms with Crippen molar-refractivity contribution in [3.63, 3.8) is 0 Å². The molecule has 18 heavy (non-hydrogen) atoms. The molecule has 2 aromatic rings. The van der Waals surface area contributed by atoms with Crippen molar-refractivity contribution in [3.05, 3.63) is 35.2 Å². The van der Waals surface area contributed by atoms with E-state index in [1.165, 1.54) is 0 Å². The number of hydrogen-bond donors (Lipinski definition) is 0. The van der Waals surface area contributed by atoms with Gasteiger partial charge < -0.3 is 9.47 Å². The fourth-order valence-corrected chi connectivity index (χ4v) is 2.52. The molecule has 1 heterocycles. The van der Waals surface area contributed by atoms with Gasteiger partial charge in [-0.2, -0.15) is 0 Å². The lowest BCUT2D eigenvalue weighted by Gasteiger charge is -2.13. The highest BCUT2D eigenvalue weighted by Crippen LogP contribution is 2.40. The summed E-state index contributed by atoms with van der Waals surface area (Å²) in [7, 11) is 1.61. The van der Waals surface area contributed by atoms with Gasteiger partial charge in [0.25, 0.3) is 0 Å². The second-order valence-corrected chi connectivity index (χ2v) is 4.58. The molecule has 94 valence electrons. The van der Waals surface area contributed by atoms with E-state index in [9.17, 15) is 4.79 Å². The van der Waals surface area contributed by atoms with Crippen LogP contribution in [0.3, 0.4) is 0 Å². The van der Waals surface area contributed by atoms with Crippen LogP contribution in [0.25, 0.3) is 10.4 Å². The molecule has 0 atom stereocenters. The first-order chi connectivity index (χ1) is 8.80. The van der Waals surface area contributed by atoms with E-state index in [0.717, 1.165) is 16.7 Å². The zero-order valence-corrected chi connectivity index (χ0v) is 11.1. The number of benzene rings is 1. The number of rotatable bonds is 5. The Bertz CT molecular complexity index is 532. The number of aldehydes is 1. The molecule has 0 amide bonds. The van der Waals surface area contributed by atoms with Gasteiger partial charge in [-0.25, -0.2) is 0 Å². The van der Waals surface area contributed by atoms with Crippen LogP contribution in [0.4, 0.5) is 0 Å². The van der Waals surface area contributed by atoms with Crippen LogP contribution in [-0.4, -0.2) is 20.0 Å². The maximum absolute atomic E-state index is 11.0. The zero-order chi connectivity index (χ0) is 13.0. The Morgan fingerprint density at radius 2 is 2.22 bits per heavy atom. The monoisotopic (exact) mass is 262 g/mol. The minimum absolute atomic E-state index is 0.530. The van der Waals surface area contributed by atoms with Crippen molar-refractivity contribution < 1.29 is 14.3 Å². The Morgan fingerprint density at radius 1 is 1.39 bits per heavy atom. The molecule has 0 saturated carbocycles. The van der Waals surface area contributed by atoms with Crippen molar-refractivity contribution in [2.24, 2.45) is 0 Å². The molecule has 0 bridgehead atoms. The molecule has 0 fully saturated rings. The van der Waals surface area contributed by atoms with Crippen molar-refractivity contribution in [2.45, 2.75) is 6.92 Å². The molecule has 0 N–H and O–H groups in total. The molecular weight excluding hydrogens is 248 g/mol. The quantitative estimate of drug-likeness (QED) is 0.772. The summed E-state index contributed by atoms with van der Waals surface area (Å²) >= 11 is 1.60. The summed E-state index contributed by atoms with van der Waals surface area (Å²) in [4.78, 5) is 12.0. The molecule has 1 aromatic heterocycles. The molecule has 0 aliphatic heterocycles. The Labute approximate surface area is 110 Å². The lowest BCUT2D eigenvalue weighted by molar-refractivity contribution is 0.112. The lowest BCUT2D eigenvalue weighted by atomic mass is 10.1.